The molecule has 0 radical (unpaired) electrons. The Morgan fingerprint density at radius 3 is 2.67 bits per heavy atom. The Labute approximate surface area is 128 Å². The van der Waals surface area contributed by atoms with Crippen LogP contribution in [-0.2, 0) is 0 Å². The quantitative estimate of drug-likeness (QED) is 0.430. The molecule has 0 aliphatic carbocycles. The van der Waals surface area contributed by atoms with Crippen molar-refractivity contribution in [1.82, 2.24) is 10.2 Å². The molecule has 0 aliphatic rings. The second kappa shape index (κ2) is 5.23. The van der Waals surface area contributed by atoms with Gasteiger partial charge in [0.2, 0.25) is 5.13 Å². The number of hydrogen-bond donors (Lipinski definition) is 4. The first-order chi connectivity index (χ1) is 10.1. The standard InChI is InChI=1S/C13H9N3O3S2/c17-9-3-1-2-7-6(9)4-5-8(10(7)18)11(19)14-12-15-16-13(20)21-12/h1-5,17-18H,(H,16,20)(H,14,15,19). The average molecular weight is 319 g/mol. The molecule has 0 saturated carbocycles. The Kier molecular flexibility index (Phi) is 3.40. The Morgan fingerprint density at radius 1 is 1.14 bits per heavy atom. The number of thiol groups is 1. The van der Waals surface area contributed by atoms with Gasteiger partial charge in [-0.05, 0) is 18.2 Å². The Bertz CT molecular complexity index is 848. The minimum absolute atomic E-state index is 0.0404. The van der Waals surface area contributed by atoms with E-state index in [-0.39, 0.29) is 17.1 Å². The van der Waals surface area contributed by atoms with Crippen LogP contribution in [0.15, 0.2) is 34.7 Å². The van der Waals surface area contributed by atoms with Crippen LogP contribution in [0.2, 0.25) is 0 Å². The van der Waals surface area contributed by atoms with E-state index in [4.69, 9.17) is 0 Å². The zero-order chi connectivity index (χ0) is 15.0. The van der Waals surface area contributed by atoms with Gasteiger partial charge in [-0.25, -0.2) is 0 Å². The first-order valence-corrected chi connectivity index (χ1v) is 7.10. The lowest BCUT2D eigenvalue weighted by atomic mass is 10.0. The molecule has 106 valence electrons. The van der Waals surface area contributed by atoms with Crippen molar-refractivity contribution in [3.05, 3.63) is 35.9 Å². The molecule has 0 saturated heterocycles. The zero-order valence-electron chi connectivity index (χ0n) is 10.4. The van der Waals surface area contributed by atoms with Gasteiger partial charge in [0.05, 0.1) is 5.56 Å². The van der Waals surface area contributed by atoms with E-state index < -0.39 is 5.91 Å². The minimum Gasteiger partial charge on any atom is -0.507 e. The molecule has 1 aromatic heterocycles. The summed E-state index contributed by atoms with van der Waals surface area (Å²) >= 11 is 5.12. The SMILES string of the molecule is O=C(Nc1nnc(S)s1)c1ccc2c(O)cccc2c1O. The maximum atomic E-state index is 12.2. The van der Waals surface area contributed by atoms with Gasteiger partial charge < -0.3 is 10.2 Å². The number of carbonyl (C=O) groups is 1. The molecule has 3 N–H and O–H groups in total. The predicted molar refractivity (Wildman–Crippen MR) is 82.4 cm³/mol. The summed E-state index contributed by atoms with van der Waals surface area (Å²) in [5, 5.41) is 31.0. The fourth-order valence-corrected chi connectivity index (χ4v) is 2.72. The number of phenols is 2. The van der Waals surface area contributed by atoms with Crippen molar-refractivity contribution in [2.24, 2.45) is 0 Å². The molecule has 0 aliphatic heterocycles. The van der Waals surface area contributed by atoms with E-state index in [1.165, 1.54) is 12.1 Å². The van der Waals surface area contributed by atoms with Crippen molar-refractivity contribution in [2.75, 3.05) is 5.32 Å². The summed E-state index contributed by atoms with van der Waals surface area (Å²) in [4.78, 5) is 12.2. The molecule has 2 aromatic carbocycles. The number of benzene rings is 2. The fourth-order valence-electron chi connectivity index (χ4n) is 1.94. The number of aromatic hydroxyl groups is 2. The highest BCUT2D eigenvalue weighted by Gasteiger charge is 2.16. The van der Waals surface area contributed by atoms with E-state index in [0.717, 1.165) is 11.3 Å². The van der Waals surface area contributed by atoms with Crippen LogP contribution in [0, 0.1) is 0 Å². The van der Waals surface area contributed by atoms with E-state index in [9.17, 15) is 15.0 Å². The molecule has 21 heavy (non-hydrogen) atoms. The van der Waals surface area contributed by atoms with Gasteiger partial charge in [0.15, 0.2) is 4.34 Å². The number of anilines is 1. The molecule has 0 spiro atoms. The first-order valence-electron chi connectivity index (χ1n) is 5.84. The maximum Gasteiger partial charge on any atom is 0.261 e. The Morgan fingerprint density at radius 2 is 1.95 bits per heavy atom. The van der Waals surface area contributed by atoms with Crippen LogP contribution in [0.5, 0.6) is 11.5 Å². The smallest absolute Gasteiger partial charge is 0.261 e. The molecule has 3 rings (SSSR count). The third-order valence-corrected chi connectivity index (χ3v) is 3.89. The van der Waals surface area contributed by atoms with Crippen molar-refractivity contribution in [1.29, 1.82) is 0 Å². The van der Waals surface area contributed by atoms with Gasteiger partial charge in [0.1, 0.15) is 11.5 Å². The summed E-state index contributed by atoms with van der Waals surface area (Å²) in [6, 6.07) is 7.74. The second-order valence-electron chi connectivity index (χ2n) is 4.18. The van der Waals surface area contributed by atoms with Gasteiger partial charge >= 0.3 is 0 Å². The van der Waals surface area contributed by atoms with Crippen molar-refractivity contribution in [3.8, 4) is 11.5 Å². The third kappa shape index (κ3) is 2.50. The number of hydrogen-bond acceptors (Lipinski definition) is 7. The minimum atomic E-state index is -0.512. The van der Waals surface area contributed by atoms with Gasteiger partial charge in [-0.3, -0.25) is 10.1 Å². The Balaban J connectivity index is 2.00. The number of phenolic OH excluding ortho intramolecular Hbond substituents is 2. The topological polar surface area (TPSA) is 95.3 Å². The van der Waals surface area contributed by atoms with E-state index in [1.54, 1.807) is 18.2 Å². The molecule has 3 aromatic rings. The summed E-state index contributed by atoms with van der Waals surface area (Å²) in [5.41, 5.74) is 0.0871. The van der Waals surface area contributed by atoms with Gasteiger partial charge in [-0.1, -0.05) is 23.5 Å². The molecular weight excluding hydrogens is 310 g/mol. The largest absolute Gasteiger partial charge is 0.507 e. The lowest BCUT2D eigenvalue weighted by molar-refractivity contribution is 0.102. The summed E-state index contributed by atoms with van der Waals surface area (Å²) in [6.45, 7) is 0. The summed E-state index contributed by atoms with van der Waals surface area (Å²) in [6.07, 6.45) is 0. The van der Waals surface area contributed by atoms with Gasteiger partial charge in [0, 0.05) is 10.8 Å². The lowest BCUT2D eigenvalue weighted by Crippen LogP contribution is -2.12. The van der Waals surface area contributed by atoms with Crippen LogP contribution in [0.3, 0.4) is 0 Å². The molecule has 6 nitrogen and oxygen atoms in total. The second-order valence-corrected chi connectivity index (χ2v) is 5.88. The summed E-state index contributed by atoms with van der Waals surface area (Å²) in [5.74, 6) is -0.669. The van der Waals surface area contributed by atoms with E-state index >= 15 is 0 Å². The number of nitrogens with one attached hydrogen (secondary N) is 1. The number of nitrogens with zero attached hydrogens (tertiary/aromatic N) is 2. The molecule has 1 amide bonds. The lowest BCUT2D eigenvalue weighted by Gasteiger charge is -2.08. The molecule has 8 heteroatoms. The third-order valence-electron chi connectivity index (χ3n) is 2.89. The summed E-state index contributed by atoms with van der Waals surface area (Å²) < 4.78 is 0.429. The van der Waals surface area contributed by atoms with Crippen molar-refractivity contribution >= 4 is 45.8 Å². The molecule has 1 heterocycles. The van der Waals surface area contributed by atoms with Crippen molar-refractivity contribution in [2.45, 2.75) is 4.34 Å². The van der Waals surface area contributed by atoms with Crippen LogP contribution in [0.1, 0.15) is 10.4 Å². The molecule has 0 unspecified atom stereocenters. The van der Waals surface area contributed by atoms with Crippen LogP contribution >= 0.6 is 24.0 Å². The van der Waals surface area contributed by atoms with Crippen LogP contribution < -0.4 is 5.32 Å². The van der Waals surface area contributed by atoms with Gasteiger partial charge in [-0.15, -0.1) is 22.8 Å². The predicted octanol–water partition coefficient (Wildman–Crippen LogP) is 2.64. The number of aromatic nitrogens is 2. The number of carbonyl (C=O) groups excluding carboxylic acids is 1. The number of fused-ring (bicyclic) bond motifs is 1. The van der Waals surface area contributed by atoms with Crippen LogP contribution in [0.25, 0.3) is 10.8 Å². The molecule has 0 atom stereocenters. The van der Waals surface area contributed by atoms with Crippen molar-refractivity contribution < 1.29 is 15.0 Å². The van der Waals surface area contributed by atoms with Crippen LogP contribution in [-0.4, -0.2) is 26.3 Å². The highest BCUT2D eigenvalue weighted by Crippen LogP contribution is 2.34. The van der Waals surface area contributed by atoms with Crippen LogP contribution in [0.4, 0.5) is 5.13 Å². The first kappa shape index (κ1) is 13.7. The molecule has 0 bridgehead atoms. The van der Waals surface area contributed by atoms with E-state index in [2.05, 4.69) is 28.1 Å². The van der Waals surface area contributed by atoms with Gasteiger partial charge in [-0.2, -0.15) is 0 Å². The monoisotopic (exact) mass is 319 g/mol. The van der Waals surface area contributed by atoms with E-state index in [0.29, 0.717) is 20.2 Å². The fraction of sp³-hybridized carbons (Fsp3) is 0. The molecule has 0 fully saturated rings. The number of amides is 1. The zero-order valence-corrected chi connectivity index (χ0v) is 12.2. The highest BCUT2D eigenvalue weighted by atomic mass is 32.2. The van der Waals surface area contributed by atoms with E-state index in [1.807, 2.05) is 0 Å². The molecular formula is C13H9N3O3S2. The number of rotatable bonds is 2. The average Bonchev–Trinajstić information content (AvgIpc) is 2.85. The normalized spacial score (nSPS) is 10.7. The maximum absolute atomic E-state index is 12.2. The van der Waals surface area contributed by atoms with Gasteiger partial charge in [0.25, 0.3) is 5.91 Å². The Hall–Kier alpha value is -2.32. The highest BCUT2D eigenvalue weighted by molar-refractivity contribution is 7.82. The summed E-state index contributed by atoms with van der Waals surface area (Å²) in [7, 11) is 0. The van der Waals surface area contributed by atoms with Crippen molar-refractivity contribution in [3.63, 3.8) is 0 Å².